The van der Waals surface area contributed by atoms with E-state index >= 15 is 0 Å². The average Bonchev–Trinajstić information content (AvgIpc) is 2.75. The smallest absolute Gasteiger partial charge is 0.153 e. The highest BCUT2D eigenvalue weighted by Gasteiger charge is 2.24. The molecule has 1 fully saturated rings. The number of hydrazine groups is 1. The first-order chi connectivity index (χ1) is 14.4. The van der Waals surface area contributed by atoms with Crippen LogP contribution in [0.15, 0.2) is 29.5 Å². The molecule has 0 amide bonds. The van der Waals surface area contributed by atoms with Crippen molar-refractivity contribution in [3.63, 3.8) is 0 Å². The molecule has 1 aromatic heterocycles. The fraction of sp³-hybridized carbons (Fsp3) is 0.368. The second-order valence-corrected chi connectivity index (χ2v) is 7.56. The summed E-state index contributed by atoms with van der Waals surface area (Å²) in [4.78, 5) is 24.5. The molecule has 1 aliphatic heterocycles. The number of carbonyl (C=O) groups excluding carboxylic acids is 1. The maximum absolute atomic E-state index is 11.6. The summed E-state index contributed by atoms with van der Waals surface area (Å²) in [7, 11) is 1.93. The first-order valence-electron chi connectivity index (χ1n) is 9.46. The first-order valence-corrected chi connectivity index (χ1v) is 10.2. The molecule has 11 heteroatoms. The zero-order valence-electron chi connectivity index (χ0n) is 16.8. The molecule has 4 N–H and O–H groups in total. The van der Waals surface area contributed by atoms with Gasteiger partial charge in [-0.25, -0.2) is 20.0 Å². The number of nitrogen functional groups attached to an aromatic ring is 1. The molecular weight excluding hydrogens is 427 g/mol. The second kappa shape index (κ2) is 10.0. The molecule has 1 aliphatic rings. The van der Waals surface area contributed by atoms with Crippen molar-refractivity contribution < 1.29 is 4.79 Å². The van der Waals surface area contributed by atoms with Crippen LogP contribution < -0.4 is 16.4 Å². The number of amidine groups is 1. The zero-order valence-corrected chi connectivity index (χ0v) is 18.3. The number of rotatable bonds is 6. The lowest BCUT2D eigenvalue weighted by Gasteiger charge is -2.38. The van der Waals surface area contributed by atoms with E-state index in [0.717, 1.165) is 26.2 Å². The number of nitrogens with zero attached hydrogens (tertiary/aromatic N) is 5. The Hall–Kier alpha value is -2.46. The van der Waals surface area contributed by atoms with E-state index in [9.17, 15) is 4.79 Å². The zero-order chi connectivity index (χ0) is 21.7. The Morgan fingerprint density at radius 2 is 2.10 bits per heavy atom. The number of aromatic nitrogens is 2. The molecule has 9 nitrogen and oxygen atoms in total. The van der Waals surface area contributed by atoms with Crippen LogP contribution in [0.1, 0.15) is 17.3 Å². The number of piperazine rings is 1. The van der Waals surface area contributed by atoms with Crippen LogP contribution in [0.25, 0.3) is 0 Å². The van der Waals surface area contributed by atoms with Crippen LogP contribution in [-0.4, -0.2) is 71.4 Å². The van der Waals surface area contributed by atoms with Crippen molar-refractivity contribution in [2.45, 2.75) is 13.0 Å². The van der Waals surface area contributed by atoms with Gasteiger partial charge in [-0.15, -0.1) is 0 Å². The number of hydrogen-bond donors (Lipinski definition) is 3. The van der Waals surface area contributed by atoms with Crippen LogP contribution in [0.3, 0.4) is 0 Å². The number of halogens is 2. The molecule has 3 rings (SSSR count). The van der Waals surface area contributed by atoms with E-state index in [1.165, 1.54) is 6.33 Å². The van der Waals surface area contributed by atoms with Crippen LogP contribution >= 0.6 is 23.2 Å². The molecule has 0 saturated carbocycles. The molecule has 0 aliphatic carbocycles. The van der Waals surface area contributed by atoms with Crippen LogP contribution in [0.4, 0.5) is 17.3 Å². The minimum absolute atomic E-state index is 0.188. The van der Waals surface area contributed by atoms with Gasteiger partial charge < -0.3 is 16.4 Å². The van der Waals surface area contributed by atoms with E-state index in [4.69, 9.17) is 33.9 Å². The van der Waals surface area contributed by atoms with Crippen molar-refractivity contribution in [3.05, 3.63) is 40.1 Å². The largest absolute Gasteiger partial charge is 0.382 e. The van der Waals surface area contributed by atoms with Crippen LogP contribution in [-0.2, 0) is 0 Å². The second-order valence-electron chi connectivity index (χ2n) is 6.78. The number of likely N-dealkylation sites (N-methyl/N-ethyl adjacent to an activating group) is 1. The van der Waals surface area contributed by atoms with Crippen LogP contribution in [0.5, 0.6) is 0 Å². The molecule has 1 saturated heterocycles. The Morgan fingerprint density at radius 3 is 2.80 bits per heavy atom. The van der Waals surface area contributed by atoms with E-state index in [1.807, 2.05) is 19.0 Å². The lowest BCUT2D eigenvalue weighted by atomic mass is 10.2. The van der Waals surface area contributed by atoms with E-state index in [-0.39, 0.29) is 16.9 Å². The number of benzene rings is 1. The summed E-state index contributed by atoms with van der Waals surface area (Å²) in [5.74, 6) is 1.25. The standard InChI is InChI=1S/C19H24Cl2N8O/c1-12(26-18-16(21)17(22)24-11-25-18)19(28(2)29-8-6-23-7-9-29)27-15-5-3-4-14(20)13(15)10-30/h3-5,10-12,23H,6-9H2,1-2H3,(H3,22,24,25,26)/t12-/m0/s1. The van der Waals surface area contributed by atoms with Crippen molar-refractivity contribution in [1.29, 1.82) is 0 Å². The Bertz CT molecular complexity index is 933. The highest BCUT2D eigenvalue weighted by molar-refractivity contribution is 6.35. The number of anilines is 2. The van der Waals surface area contributed by atoms with Gasteiger partial charge in [0.2, 0.25) is 0 Å². The molecule has 1 aromatic carbocycles. The molecular formula is C19H24Cl2N8O. The van der Waals surface area contributed by atoms with Gasteiger partial charge in [-0.1, -0.05) is 29.3 Å². The summed E-state index contributed by atoms with van der Waals surface area (Å²) in [6, 6.07) is 4.85. The summed E-state index contributed by atoms with van der Waals surface area (Å²) in [5.41, 5.74) is 6.61. The van der Waals surface area contributed by atoms with E-state index in [1.54, 1.807) is 18.2 Å². The van der Waals surface area contributed by atoms with Gasteiger partial charge in [0.05, 0.1) is 22.3 Å². The predicted molar refractivity (Wildman–Crippen MR) is 121 cm³/mol. The van der Waals surface area contributed by atoms with Crippen molar-refractivity contribution in [2.24, 2.45) is 4.99 Å². The molecule has 0 spiro atoms. The summed E-state index contributed by atoms with van der Waals surface area (Å²) in [5, 5.41) is 11.3. The van der Waals surface area contributed by atoms with Gasteiger partial charge in [0.1, 0.15) is 23.0 Å². The fourth-order valence-corrected chi connectivity index (χ4v) is 3.53. The lowest BCUT2D eigenvalue weighted by molar-refractivity contribution is 0.0532. The first kappa shape index (κ1) is 22.2. The number of nitrogens with two attached hydrogens (primary N) is 1. The van der Waals surface area contributed by atoms with Crippen LogP contribution in [0.2, 0.25) is 10.0 Å². The normalized spacial score (nSPS) is 16.2. The summed E-state index contributed by atoms with van der Waals surface area (Å²) >= 11 is 12.4. The topological polar surface area (TPSA) is 112 Å². The van der Waals surface area contributed by atoms with E-state index < -0.39 is 0 Å². The number of aliphatic imine (C=N–C) groups is 1. The summed E-state index contributed by atoms with van der Waals surface area (Å²) in [6.07, 6.45) is 2.05. The van der Waals surface area contributed by atoms with E-state index in [0.29, 0.717) is 34.2 Å². The minimum atomic E-state index is -0.324. The molecule has 2 aromatic rings. The van der Waals surface area contributed by atoms with Gasteiger partial charge in [0, 0.05) is 33.2 Å². The number of aldehydes is 1. The van der Waals surface area contributed by atoms with Gasteiger partial charge in [0.15, 0.2) is 12.1 Å². The highest BCUT2D eigenvalue weighted by Crippen LogP contribution is 2.27. The van der Waals surface area contributed by atoms with Crippen molar-refractivity contribution in [2.75, 3.05) is 44.3 Å². The van der Waals surface area contributed by atoms with Gasteiger partial charge in [-0.05, 0) is 19.1 Å². The van der Waals surface area contributed by atoms with E-state index in [2.05, 4.69) is 25.6 Å². The predicted octanol–water partition coefficient (Wildman–Crippen LogP) is 2.46. The quantitative estimate of drug-likeness (QED) is 0.349. The van der Waals surface area contributed by atoms with Gasteiger partial charge in [-0.2, -0.15) is 0 Å². The van der Waals surface area contributed by atoms with Gasteiger partial charge in [0.25, 0.3) is 0 Å². The third-order valence-corrected chi connectivity index (χ3v) is 5.49. The Morgan fingerprint density at radius 1 is 1.37 bits per heavy atom. The van der Waals surface area contributed by atoms with Crippen molar-refractivity contribution in [1.82, 2.24) is 25.3 Å². The number of nitrogens with one attached hydrogen (secondary N) is 2. The molecule has 30 heavy (non-hydrogen) atoms. The van der Waals surface area contributed by atoms with Crippen LogP contribution in [0, 0.1) is 0 Å². The Labute approximate surface area is 185 Å². The third kappa shape index (κ3) is 4.99. The minimum Gasteiger partial charge on any atom is -0.382 e. The maximum Gasteiger partial charge on any atom is 0.153 e. The Balaban J connectivity index is 1.99. The Kier molecular flexibility index (Phi) is 7.43. The number of hydrogen-bond acceptors (Lipinski definition) is 8. The monoisotopic (exact) mass is 450 g/mol. The highest BCUT2D eigenvalue weighted by atomic mass is 35.5. The average molecular weight is 451 g/mol. The molecule has 0 unspecified atom stereocenters. The molecule has 160 valence electrons. The lowest BCUT2D eigenvalue weighted by Crippen LogP contribution is -2.55. The summed E-state index contributed by atoms with van der Waals surface area (Å²) in [6.45, 7) is 5.30. The third-order valence-electron chi connectivity index (χ3n) is 4.79. The van der Waals surface area contributed by atoms with Gasteiger partial charge >= 0.3 is 0 Å². The van der Waals surface area contributed by atoms with Crippen molar-refractivity contribution >= 4 is 52.6 Å². The SMILES string of the molecule is C[C@H](Nc1ncnc(N)c1Cl)C(=Nc1cccc(Cl)c1C=O)N(C)N1CCNCC1. The number of carbonyl (C=O) groups is 1. The maximum atomic E-state index is 11.6. The fourth-order valence-electron chi connectivity index (χ4n) is 3.16. The van der Waals surface area contributed by atoms with Crippen molar-refractivity contribution in [3.8, 4) is 0 Å². The molecule has 2 heterocycles. The molecule has 1 atom stereocenters. The van der Waals surface area contributed by atoms with Gasteiger partial charge in [-0.3, -0.25) is 9.80 Å². The molecule has 0 bridgehead atoms. The summed E-state index contributed by atoms with van der Waals surface area (Å²) < 4.78 is 0. The molecule has 0 radical (unpaired) electrons.